The van der Waals surface area contributed by atoms with Crippen LogP contribution in [0.2, 0.25) is 10.0 Å². The minimum Gasteiger partial charge on any atom is -0.273 e. The van der Waals surface area contributed by atoms with E-state index in [4.69, 9.17) is 28.0 Å². The Bertz CT molecular complexity index is 1170. The van der Waals surface area contributed by atoms with Crippen LogP contribution in [-0.4, -0.2) is 17.9 Å². The molecule has 156 valence electrons. The van der Waals surface area contributed by atoms with Crippen molar-refractivity contribution in [3.8, 4) is 0 Å². The molecule has 2 fully saturated rings. The molecule has 0 saturated carbocycles. The van der Waals surface area contributed by atoms with E-state index in [-0.39, 0.29) is 5.91 Å². The van der Waals surface area contributed by atoms with Crippen LogP contribution in [0.25, 0.3) is 0 Å². The average Bonchev–Trinajstić information content (AvgIpc) is 3.28. The second kappa shape index (κ2) is 7.68. The maximum atomic E-state index is 13.6. The maximum absolute atomic E-state index is 13.6. The minimum atomic E-state index is -0.923. The van der Waals surface area contributed by atoms with E-state index >= 15 is 0 Å². The van der Waals surface area contributed by atoms with E-state index < -0.39 is 24.0 Å². The van der Waals surface area contributed by atoms with E-state index in [1.54, 1.807) is 35.4 Å². The molecule has 3 aromatic rings. The molecule has 0 unspecified atom stereocenters. The summed E-state index contributed by atoms with van der Waals surface area (Å²) in [6.45, 7) is 1.87. The van der Waals surface area contributed by atoms with Gasteiger partial charge in [-0.2, -0.15) is 0 Å². The Labute approximate surface area is 189 Å². The second-order valence-electron chi connectivity index (χ2n) is 7.65. The van der Waals surface area contributed by atoms with Crippen molar-refractivity contribution < 1.29 is 14.4 Å². The lowest BCUT2D eigenvalue weighted by Gasteiger charge is -2.28. The van der Waals surface area contributed by atoms with E-state index in [0.717, 1.165) is 16.8 Å². The van der Waals surface area contributed by atoms with Gasteiger partial charge >= 0.3 is 0 Å². The first-order chi connectivity index (χ1) is 15.0. The summed E-state index contributed by atoms with van der Waals surface area (Å²) in [6, 6.07) is 21.4. The number of nitrogens with zero attached hydrogens (tertiary/aromatic N) is 2. The van der Waals surface area contributed by atoms with Gasteiger partial charge in [-0.05, 0) is 54.4 Å². The third-order valence-electron chi connectivity index (χ3n) is 5.75. The number of aryl methyl sites for hydroxylation is 1. The molecule has 2 heterocycles. The highest BCUT2D eigenvalue weighted by atomic mass is 35.5. The van der Waals surface area contributed by atoms with Crippen molar-refractivity contribution in [3.63, 3.8) is 0 Å². The number of hydrogen-bond acceptors (Lipinski definition) is 4. The Balaban J connectivity index is 1.58. The lowest BCUT2D eigenvalue weighted by molar-refractivity contribution is -0.126. The number of benzene rings is 3. The summed E-state index contributed by atoms with van der Waals surface area (Å²) >= 11 is 12.3. The number of halogens is 2. The van der Waals surface area contributed by atoms with E-state index in [1.165, 1.54) is 4.90 Å². The molecule has 5 rings (SSSR count). The molecule has 2 saturated heterocycles. The lowest BCUT2D eigenvalue weighted by atomic mass is 9.90. The van der Waals surface area contributed by atoms with Gasteiger partial charge < -0.3 is 0 Å². The number of anilines is 2. The molecule has 2 aliphatic heterocycles. The summed E-state index contributed by atoms with van der Waals surface area (Å²) in [5.74, 6) is -1.41. The Morgan fingerprint density at radius 2 is 1.55 bits per heavy atom. The standard InChI is InChI=1S/C24H18Cl2N2O3/c1-14-7-12-18(13-19(14)26)27-23(29)20-21(15-8-10-16(25)11-9-15)28(31-22(20)24(27)30)17-5-3-2-4-6-17/h2-13,20-22H,1H3/t20-,21-,22-/m1/s1. The summed E-state index contributed by atoms with van der Waals surface area (Å²) in [4.78, 5) is 34.1. The van der Waals surface area contributed by atoms with Gasteiger partial charge in [-0.25, -0.2) is 9.96 Å². The molecule has 31 heavy (non-hydrogen) atoms. The predicted molar refractivity (Wildman–Crippen MR) is 120 cm³/mol. The van der Waals surface area contributed by atoms with E-state index in [0.29, 0.717) is 15.7 Å². The summed E-state index contributed by atoms with van der Waals surface area (Å²) in [6.07, 6.45) is -0.923. The molecule has 0 bridgehead atoms. The number of carbonyl (C=O) groups excluding carboxylic acids is 2. The van der Waals surface area contributed by atoms with E-state index in [9.17, 15) is 9.59 Å². The molecular formula is C24H18Cl2N2O3. The van der Waals surface area contributed by atoms with Crippen LogP contribution in [0.3, 0.4) is 0 Å². The number of imide groups is 1. The SMILES string of the molecule is Cc1ccc(N2C(=O)[C@@H]3[C@@H](c4ccc(Cl)cc4)N(c4ccccc4)O[C@H]3C2=O)cc1Cl. The van der Waals surface area contributed by atoms with Gasteiger partial charge in [-0.3, -0.25) is 14.4 Å². The van der Waals surface area contributed by atoms with Crippen LogP contribution < -0.4 is 9.96 Å². The van der Waals surface area contributed by atoms with Crippen molar-refractivity contribution in [2.75, 3.05) is 9.96 Å². The van der Waals surface area contributed by atoms with Gasteiger partial charge in [0, 0.05) is 10.0 Å². The van der Waals surface area contributed by atoms with Crippen LogP contribution in [0.4, 0.5) is 11.4 Å². The summed E-state index contributed by atoms with van der Waals surface area (Å²) < 4.78 is 0. The minimum absolute atomic E-state index is 0.312. The third kappa shape index (κ3) is 3.30. The van der Waals surface area contributed by atoms with Crippen LogP contribution >= 0.6 is 23.2 Å². The highest BCUT2D eigenvalue weighted by Crippen LogP contribution is 2.47. The molecular weight excluding hydrogens is 435 g/mol. The molecule has 0 N–H and O–H groups in total. The summed E-state index contributed by atoms with van der Waals surface area (Å²) in [5, 5.41) is 2.75. The number of rotatable bonds is 3. The van der Waals surface area contributed by atoms with Crippen molar-refractivity contribution in [3.05, 3.63) is 94.0 Å². The van der Waals surface area contributed by atoms with Crippen LogP contribution in [0.5, 0.6) is 0 Å². The number of carbonyl (C=O) groups is 2. The van der Waals surface area contributed by atoms with Gasteiger partial charge in [0.25, 0.3) is 5.91 Å². The normalized spacial score (nSPS) is 22.9. The smallest absolute Gasteiger partial charge is 0.266 e. The Hall–Kier alpha value is -2.86. The zero-order valence-electron chi connectivity index (χ0n) is 16.5. The number of hydrogen-bond donors (Lipinski definition) is 0. The van der Waals surface area contributed by atoms with Crippen LogP contribution in [0.1, 0.15) is 17.2 Å². The Morgan fingerprint density at radius 3 is 2.23 bits per heavy atom. The fraction of sp³-hybridized carbons (Fsp3) is 0.167. The van der Waals surface area contributed by atoms with Crippen molar-refractivity contribution in [2.24, 2.45) is 5.92 Å². The van der Waals surface area contributed by atoms with Gasteiger partial charge in [0.2, 0.25) is 5.91 Å². The van der Waals surface area contributed by atoms with Crippen LogP contribution in [0.15, 0.2) is 72.8 Å². The number of para-hydroxylation sites is 1. The number of hydroxylamine groups is 1. The van der Waals surface area contributed by atoms with Crippen LogP contribution in [-0.2, 0) is 14.4 Å². The molecule has 2 amide bonds. The van der Waals surface area contributed by atoms with Crippen LogP contribution in [0, 0.1) is 12.8 Å². The lowest BCUT2D eigenvalue weighted by Crippen LogP contribution is -2.37. The highest BCUT2D eigenvalue weighted by molar-refractivity contribution is 6.32. The number of amides is 2. The molecule has 0 aromatic heterocycles. The van der Waals surface area contributed by atoms with E-state index in [2.05, 4.69) is 0 Å². The largest absolute Gasteiger partial charge is 0.273 e. The van der Waals surface area contributed by atoms with Crippen molar-refractivity contribution >= 4 is 46.4 Å². The third-order valence-corrected chi connectivity index (χ3v) is 6.41. The first-order valence-corrected chi connectivity index (χ1v) is 10.6. The first-order valence-electron chi connectivity index (χ1n) is 9.86. The molecule has 3 aromatic carbocycles. The van der Waals surface area contributed by atoms with Gasteiger partial charge in [-0.1, -0.05) is 59.6 Å². The molecule has 0 spiro atoms. The van der Waals surface area contributed by atoms with E-state index in [1.807, 2.05) is 49.4 Å². The van der Waals surface area contributed by atoms with Crippen molar-refractivity contribution in [1.82, 2.24) is 0 Å². The van der Waals surface area contributed by atoms with Gasteiger partial charge in [0.05, 0.1) is 17.4 Å². The molecule has 7 heteroatoms. The van der Waals surface area contributed by atoms with Gasteiger partial charge in [-0.15, -0.1) is 0 Å². The quantitative estimate of drug-likeness (QED) is 0.502. The topological polar surface area (TPSA) is 49.9 Å². The molecule has 2 aliphatic rings. The Morgan fingerprint density at radius 1 is 0.839 bits per heavy atom. The zero-order chi connectivity index (χ0) is 21.7. The highest BCUT2D eigenvalue weighted by Gasteiger charge is 2.60. The van der Waals surface area contributed by atoms with Gasteiger partial charge in [0.1, 0.15) is 5.92 Å². The monoisotopic (exact) mass is 452 g/mol. The second-order valence-corrected chi connectivity index (χ2v) is 8.50. The van der Waals surface area contributed by atoms with Gasteiger partial charge in [0.15, 0.2) is 6.10 Å². The molecule has 5 nitrogen and oxygen atoms in total. The molecule has 0 radical (unpaired) electrons. The molecule has 0 aliphatic carbocycles. The summed E-state index contributed by atoms with van der Waals surface area (Å²) in [5.41, 5.74) is 2.92. The number of fused-ring (bicyclic) bond motifs is 1. The van der Waals surface area contributed by atoms with Crippen molar-refractivity contribution in [1.29, 1.82) is 0 Å². The molecule has 3 atom stereocenters. The zero-order valence-corrected chi connectivity index (χ0v) is 18.0. The summed E-state index contributed by atoms with van der Waals surface area (Å²) in [7, 11) is 0. The predicted octanol–water partition coefficient (Wildman–Crippen LogP) is 5.35. The maximum Gasteiger partial charge on any atom is 0.266 e. The van der Waals surface area contributed by atoms with Crippen molar-refractivity contribution in [2.45, 2.75) is 19.1 Å². The fourth-order valence-corrected chi connectivity index (χ4v) is 4.49. The first kappa shape index (κ1) is 20.1. The Kier molecular flexibility index (Phi) is 4.97. The fourth-order valence-electron chi connectivity index (χ4n) is 4.19. The average molecular weight is 453 g/mol.